The maximum Gasteiger partial charge on any atom is 0.234 e. The topological polar surface area (TPSA) is 98.1 Å². The van der Waals surface area contributed by atoms with Gasteiger partial charge in [0.1, 0.15) is 11.6 Å². The second-order valence-electron chi connectivity index (χ2n) is 7.64. The van der Waals surface area contributed by atoms with Crippen LogP contribution >= 0.6 is 11.8 Å². The molecule has 3 aromatic rings. The van der Waals surface area contributed by atoms with Crippen molar-refractivity contribution in [1.29, 1.82) is 0 Å². The van der Waals surface area contributed by atoms with Crippen LogP contribution in [0.1, 0.15) is 23.9 Å². The molecular formula is C25H29N5O3S. The van der Waals surface area contributed by atoms with Crippen LogP contribution in [0, 0.1) is 13.8 Å². The van der Waals surface area contributed by atoms with E-state index in [9.17, 15) is 9.59 Å². The number of hydrogen-bond donors (Lipinski definition) is 2. The standard InChI is InChI=1S/C25H29N5O3S/c1-5-13-30-22(15-23(31)26-19-9-11-20(12-10-19)33-6-2)28-29-25(30)34-16-24(32)27-21-14-17(3)7-8-18(21)4/h5,7-12,14H,1,6,13,15-16H2,2-4H3,(H,26,31)(H,27,32). The molecule has 0 atom stereocenters. The number of carbonyl (C=O) groups is 2. The highest BCUT2D eigenvalue weighted by Gasteiger charge is 2.17. The van der Waals surface area contributed by atoms with Crippen LogP contribution in [-0.4, -0.2) is 38.9 Å². The molecule has 0 unspecified atom stereocenters. The maximum absolute atomic E-state index is 12.6. The Morgan fingerprint density at radius 3 is 2.56 bits per heavy atom. The zero-order valence-electron chi connectivity index (χ0n) is 19.6. The van der Waals surface area contributed by atoms with Gasteiger partial charge in [0.2, 0.25) is 11.8 Å². The number of hydrogen-bond acceptors (Lipinski definition) is 6. The van der Waals surface area contributed by atoms with E-state index in [4.69, 9.17) is 4.74 Å². The van der Waals surface area contributed by atoms with Crippen molar-refractivity contribution in [3.8, 4) is 5.75 Å². The van der Waals surface area contributed by atoms with Crippen molar-refractivity contribution in [2.75, 3.05) is 23.0 Å². The third kappa shape index (κ3) is 6.95. The molecule has 0 aliphatic heterocycles. The lowest BCUT2D eigenvalue weighted by Gasteiger charge is -2.10. The van der Waals surface area contributed by atoms with Crippen molar-refractivity contribution in [1.82, 2.24) is 14.8 Å². The van der Waals surface area contributed by atoms with Gasteiger partial charge in [-0.25, -0.2) is 0 Å². The Balaban J connectivity index is 1.60. The summed E-state index contributed by atoms with van der Waals surface area (Å²) in [5, 5.41) is 14.7. The number of nitrogens with one attached hydrogen (secondary N) is 2. The van der Waals surface area contributed by atoms with Crippen molar-refractivity contribution >= 4 is 35.0 Å². The number of nitrogens with zero attached hydrogens (tertiary/aromatic N) is 3. The first-order chi connectivity index (χ1) is 16.4. The lowest BCUT2D eigenvalue weighted by molar-refractivity contribution is -0.116. The molecule has 3 rings (SSSR count). The molecule has 1 heterocycles. The highest BCUT2D eigenvalue weighted by Crippen LogP contribution is 2.21. The number of rotatable bonds is 11. The van der Waals surface area contributed by atoms with Gasteiger partial charge in [-0.1, -0.05) is 30.0 Å². The lowest BCUT2D eigenvalue weighted by Crippen LogP contribution is -2.18. The van der Waals surface area contributed by atoms with E-state index in [-0.39, 0.29) is 24.0 Å². The molecule has 2 aromatic carbocycles. The monoisotopic (exact) mass is 479 g/mol. The highest BCUT2D eigenvalue weighted by molar-refractivity contribution is 7.99. The number of amides is 2. The van der Waals surface area contributed by atoms with E-state index in [1.165, 1.54) is 11.8 Å². The van der Waals surface area contributed by atoms with Crippen LogP contribution in [0.2, 0.25) is 0 Å². The average molecular weight is 480 g/mol. The van der Waals surface area contributed by atoms with Crippen molar-refractivity contribution in [3.05, 3.63) is 72.1 Å². The summed E-state index contributed by atoms with van der Waals surface area (Å²) < 4.78 is 7.21. The predicted molar refractivity (Wildman–Crippen MR) is 135 cm³/mol. The molecule has 2 N–H and O–H groups in total. The minimum absolute atomic E-state index is 0.0449. The van der Waals surface area contributed by atoms with Gasteiger partial charge >= 0.3 is 0 Å². The molecule has 1 aromatic heterocycles. The van der Waals surface area contributed by atoms with Gasteiger partial charge in [-0.05, 0) is 62.2 Å². The molecule has 0 saturated carbocycles. The van der Waals surface area contributed by atoms with Gasteiger partial charge in [-0.2, -0.15) is 0 Å². The normalized spacial score (nSPS) is 10.6. The molecule has 9 heteroatoms. The van der Waals surface area contributed by atoms with Gasteiger partial charge in [0, 0.05) is 17.9 Å². The fraction of sp³-hybridized carbons (Fsp3) is 0.280. The minimum Gasteiger partial charge on any atom is -0.494 e. The zero-order chi connectivity index (χ0) is 24.5. The van der Waals surface area contributed by atoms with E-state index in [0.717, 1.165) is 22.6 Å². The van der Waals surface area contributed by atoms with Gasteiger partial charge in [0.15, 0.2) is 5.16 Å². The van der Waals surface area contributed by atoms with Crippen LogP contribution in [0.4, 0.5) is 11.4 Å². The van der Waals surface area contributed by atoms with E-state index in [2.05, 4.69) is 27.4 Å². The van der Waals surface area contributed by atoms with Crippen LogP contribution < -0.4 is 15.4 Å². The first-order valence-corrected chi connectivity index (χ1v) is 11.9. The summed E-state index contributed by atoms with van der Waals surface area (Å²) in [6.07, 6.45) is 1.75. The van der Waals surface area contributed by atoms with E-state index in [1.807, 2.05) is 39.0 Å². The van der Waals surface area contributed by atoms with Gasteiger partial charge in [-0.3, -0.25) is 9.59 Å². The summed E-state index contributed by atoms with van der Waals surface area (Å²) >= 11 is 1.27. The van der Waals surface area contributed by atoms with Crippen LogP contribution in [0.5, 0.6) is 5.75 Å². The maximum atomic E-state index is 12.6. The van der Waals surface area contributed by atoms with E-state index < -0.39 is 0 Å². The number of anilines is 2. The number of carbonyl (C=O) groups excluding carboxylic acids is 2. The molecule has 0 fully saturated rings. The molecule has 8 nitrogen and oxygen atoms in total. The van der Waals surface area contributed by atoms with E-state index in [0.29, 0.717) is 29.8 Å². The minimum atomic E-state index is -0.217. The molecule has 0 bridgehead atoms. The molecule has 0 saturated heterocycles. The van der Waals surface area contributed by atoms with Crippen molar-refractivity contribution in [3.63, 3.8) is 0 Å². The Labute approximate surface area is 203 Å². The Hall–Kier alpha value is -3.59. The second-order valence-corrected chi connectivity index (χ2v) is 8.58. The van der Waals surface area contributed by atoms with Crippen LogP contribution in [0.25, 0.3) is 0 Å². The van der Waals surface area contributed by atoms with Gasteiger partial charge in [-0.15, -0.1) is 16.8 Å². The average Bonchev–Trinajstić information content (AvgIpc) is 3.17. The predicted octanol–water partition coefficient (Wildman–Crippen LogP) is 4.39. The van der Waals surface area contributed by atoms with Crippen molar-refractivity contribution < 1.29 is 14.3 Å². The number of benzene rings is 2. The van der Waals surface area contributed by atoms with Gasteiger partial charge in [0.25, 0.3) is 0 Å². The molecule has 2 amide bonds. The Kier molecular flexibility index (Phi) is 8.86. The molecule has 0 radical (unpaired) electrons. The number of thioether (sulfide) groups is 1. The first-order valence-electron chi connectivity index (χ1n) is 10.9. The third-order valence-electron chi connectivity index (χ3n) is 4.87. The fourth-order valence-corrected chi connectivity index (χ4v) is 3.97. The number of aromatic nitrogens is 3. The van der Waals surface area contributed by atoms with E-state index >= 15 is 0 Å². The van der Waals surface area contributed by atoms with Crippen molar-refractivity contribution in [2.45, 2.75) is 38.9 Å². The summed E-state index contributed by atoms with van der Waals surface area (Å²) in [6, 6.07) is 13.1. The molecule has 0 aliphatic carbocycles. The van der Waals surface area contributed by atoms with Crippen LogP contribution in [-0.2, 0) is 22.6 Å². The van der Waals surface area contributed by atoms with Crippen LogP contribution in [0.15, 0.2) is 60.3 Å². The van der Waals surface area contributed by atoms with Crippen LogP contribution in [0.3, 0.4) is 0 Å². The van der Waals surface area contributed by atoms with Crippen molar-refractivity contribution in [2.24, 2.45) is 0 Å². The number of ether oxygens (including phenoxy) is 1. The summed E-state index contributed by atoms with van der Waals surface area (Å²) in [5.74, 6) is 1.06. The van der Waals surface area contributed by atoms with Gasteiger partial charge in [0.05, 0.1) is 18.8 Å². The summed E-state index contributed by atoms with van der Waals surface area (Å²) in [6.45, 7) is 10.6. The molecule has 178 valence electrons. The highest BCUT2D eigenvalue weighted by atomic mass is 32.2. The number of aryl methyl sites for hydroxylation is 2. The SMILES string of the molecule is C=CCn1c(CC(=O)Nc2ccc(OCC)cc2)nnc1SCC(=O)Nc1cc(C)ccc1C. The smallest absolute Gasteiger partial charge is 0.234 e. The summed E-state index contributed by atoms with van der Waals surface area (Å²) in [4.78, 5) is 25.1. The lowest BCUT2D eigenvalue weighted by atomic mass is 10.1. The van der Waals surface area contributed by atoms with E-state index in [1.54, 1.807) is 34.9 Å². The Bertz CT molecular complexity index is 1160. The molecular weight excluding hydrogens is 450 g/mol. The Morgan fingerprint density at radius 1 is 1.09 bits per heavy atom. The second kappa shape index (κ2) is 12.0. The largest absolute Gasteiger partial charge is 0.494 e. The molecule has 34 heavy (non-hydrogen) atoms. The summed E-state index contributed by atoms with van der Waals surface area (Å²) in [5.41, 5.74) is 3.54. The zero-order valence-corrected chi connectivity index (χ0v) is 20.4. The third-order valence-corrected chi connectivity index (χ3v) is 5.84. The van der Waals surface area contributed by atoms with Gasteiger partial charge < -0.3 is 19.9 Å². The molecule has 0 aliphatic rings. The number of allylic oxidation sites excluding steroid dienone is 1. The quantitative estimate of drug-likeness (QED) is 0.313. The fourth-order valence-electron chi connectivity index (χ4n) is 3.21. The first kappa shape index (κ1) is 25.0. The summed E-state index contributed by atoms with van der Waals surface area (Å²) in [7, 11) is 0. The molecule has 0 spiro atoms. The Morgan fingerprint density at radius 2 is 1.85 bits per heavy atom.